The molecule has 0 aliphatic carbocycles. The van der Waals surface area contributed by atoms with Gasteiger partial charge in [-0.3, -0.25) is 4.79 Å². The van der Waals surface area contributed by atoms with E-state index in [1.165, 1.54) is 23.5 Å². The molecule has 0 aliphatic rings. The highest BCUT2D eigenvalue weighted by molar-refractivity contribution is 7.91. The van der Waals surface area contributed by atoms with Gasteiger partial charge in [-0.25, -0.2) is 8.42 Å². The Labute approximate surface area is 179 Å². The molecule has 160 valence electrons. The predicted molar refractivity (Wildman–Crippen MR) is 117 cm³/mol. The SMILES string of the molecule is CCn1c(=NC(=O)Cc2ccc(S(=O)(=O)CC)cc2)sc2cc(OC)c(OC)cc21. The molecule has 0 N–H and O–H groups in total. The van der Waals surface area contributed by atoms with E-state index in [1.807, 2.05) is 23.6 Å². The van der Waals surface area contributed by atoms with E-state index in [0.717, 1.165) is 10.2 Å². The van der Waals surface area contributed by atoms with Crippen LogP contribution in [0, 0.1) is 0 Å². The number of fused-ring (bicyclic) bond motifs is 1. The van der Waals surface area contributed by atoms with Crippen LogP contribution in [0.5, 0.6) is 11.5 Å². The van der Waals surface area contributed by atoms with E-state index >= 15 is 0 Å². The van der Waals surface area contributed by atoms with Crippen LogP contribution in [-0.4, -0.2) is 38.9 Å². The third kappa shape index (κ3) is 4.41. The molecule has 3 rings (SSSR count). The number of benzene rings is 2. The number of aromatic nitrogens is 1. The average molecular weight is 449 g/mol. The fourth-order valence-electron chi connectivity index (χ4n) is 3.09. The Morgan fingerprint density at radius 2 is 1.70 bits per heavy atom. The number of hydrogen-bond donors (Lipinski definition) is 0. The van der Waals surface area contributed by atoms with E-state index in [0.29, 0.717) is 28.4 Å². The van der Waals surface area contributed by atoms with Gasteiger partial charge < -0.3 is 14.0 Å². The third-order valence-electron chi connectivity index (χ3n) is 4.74. The summed E-state index contributed by atoms with van der Waals surface area (Å²) in [6, 6.07) is 10.1. The van der Waals surface area contributed by atoms with Crippen LogP contribution in [0.3, 0.4) is 0 Å². The first-order valence-electron chi connectivity index (χ1n) is 9.47. The highest BCUT2D eigenvalue weighted by Crippen LogP contribution is 2.33. The zero-order valence-electron chi connectivity index (χ0n) is 17.3. The molecule has 1 heterocycles. The molecule has 0 atom stereocenters. The van der Waals surface area contributed by atoms with Gasteiger partial charge in [0.1, 0.15) is 0 Å². The first-order valence-corrected chi connectivity index (χ1v) is 11.9. The Kier molecular flexibility index (Phi) is 6.62. The molecule has 0 unspecified atom stereocenters. The topological polar surface area (TPSA) is 87.0 Å². The summed E-state index contributed by atoms with van der Waals surface area (Å²) in [5.74, 6) is 0.979. The molecular weight excluding hydrogens is 424 g/mol. The van der Waals surface area contributed by atoms with Crippen molar-refractivity contribution in [2.24, 2.45) is 4.99 Å². The lowest BCUT2D eigenvalue weighted by Gasteiger charge is -2.08. The predicted octanol–water partition coefficient (Wildman–Crippen LogP) is 3.20. The highest BCUT2D eigenvalue weighted by atomic mass is 32.2. The van der Waals surface area contributed by atoms with Crippen LogP contribution in [0.25, 0.3) is 10.2 Å². The second-order valence-corrected chi connectivity index (χ2v) is 9.82. The molecule has 30 heavy (non-hydrogen) atoms. The molecule has 9 heteroatoms. The Hall–Kier alpha value is -2.65. The number of amides is 1. The van der Waals surface area contributed by atoms with Crippen molar-refractivity contribution in [2.75, 3.05) is 20.0 Å². The first kappa shape index (κ1) is 22.0. The lowest BCUT2D eigenvalue weighted by Crippen LogP contribution is -2.16. The maximum absolute atomic E-state index is 12.6. The van der Waals surface area contributed by atoms with Crippen molar-refractivity contribution < 1.29 is 22.7 Å². The zero-order valence-corrected chi connectivity index (χ0v) is 19.0. The Bertz CT molecular complexity index is 1240. The van der Waals surface area contributed by atoms with Crippen LogP contribution in [-0.2, 0) is 27.6 Å². The molecule has 1 aromatic heterocycles. The standard InChI is InChI=1S/C21H24N2O5S2/c1-5-23-16-12-17(27-3)18(28-4)13-19(16)29-21(23)22-20(24)11-14-7-9-15(10-8-14)30(25,26)6-2/h7-10,12-13H,5-6,11H2,1-4H3. The summed E-state index contributed by atoms with van der Waals surface area (Å²) in [5.41, 5.74) is 1.63. The molecule has 0 saturated carbocycles. The van der Waals surface area contributed by atoms with Gasteiger partial charge in [0, 0.05) is 18.7 Å². The number of nitrogens with zero attached hydrogens (tertiary/aromatic N) is 2. The molecule has 1 amide bonds. The fraction of sp³-hybridized carbons (Fsp3) is 0.333. The number of hydrogen-bond acceptors (Lipinski definition) is 6. The van der Waals surface area contributed by atoms with Gasteiger partial charge in [0.2, 0.25) is 0 Å². The average Bonchev–Trinajstić information content (AvgIpc) is 3.08. The molecule has 0 bridgehead atoms. The summed E-state index contributed by atoms with van der Waals surface area (Å²) >= 11 is 1.41. The normalized spacial score (nSPS) is 12.3. The van der Waals surface area contributed by atoms with Gasteiger partial charge in [-0.2, -0.15) is 4.99 Å². The van der Waals surface area contributed by atoms with Crippen molar-refractivity contribution in [3.8, 4) is 11.5 Å². The molecule has 0 fully saturated rings. The zero-order chi connectivity index (χ0) is 21.9. The van der Waals surface area contributed by atoms with Gasteiger partial charge in [0.05, 0.1) is 41.5 Å². The van der Waals surface area contributed by atoms with E-state index in [9.17, 15) is 13.2 Å². The van der Waals surface area contributed by atoms with Crippen LogP contribution in [0.15, 0.2) is 46.3 Å². The maximum Gasteiger partial charge on any atom is 0.252 e. The van der Waals surface area contributed by atoms with Crippen molar-refractivity contribution in [1.29, 1.82) is 0 Å². The van der Waals surface area contributed by atoms with Crippen LogP contribution in [0.1, 0.15) is 19.4 Å². The van der Waals surface area contributed by atoms with Gasteiger partial charge in [-0.15, -0.1) is 0 Å². The number of carbonyl (C=O) groups excluding carboxylic acids is 1. The smallest absolute Gasteiger partial charge is 0.252 e. The van der Waals surface area contributed by atoms with E-state index in [2.05, 4.69) is 4.99 Å². The number of carbonyl (C=O) groups is 1. The fourth-order valence-corrected chi connectivity index (χ4v) is 5.10. The summed E-state index contributed by atoms with van der Waals surface area (Å²) in [5, 5.41) is 0. The second-order valence-electron chi connectivity index (χ2n) is 6.53. The Morgan fingerprint density at radius 1 is 1.07 bits per heavy atom. The molecule has 0 spiro atoms. The van der Waals surface area contributed by atoms with Crippen molar-refractivity contribution in [2.45, 2.75) is 31.7 Å². The Morgan fingerprint density at radius 3 is 2.27 bits per heavy atom. The summed E-state index contributed by atoms with van der Waals surface area (Å²) in [4.78, 5) is 17.7. The third-order valence-corrected chi connectivity index (χ3v) is 7.53. The number of aryl methyl sites for hydroxylation is 1. The number of rotatable bonds is 7. The van der Waals surface area contributed by atoms with Gasteiger partial charge in [0.15, 0.2) is 26.1 Å². The van der Waals surface area contributed by atoms with Gasteiger partial charge >= 0.3 is 0 Å². The lowest BCUT2D eigenvalue weighted by molar-refractivity contribution is -0.117. The van der Waals surface area contributed by atoms with Crippen molar-refractivity contribution in [1.82, 2.24) is 4.57 Å². The number of ether oxygens (including phenoxy) is 2. The molecule has 0 saturated heterocycles. The van der Waals surface area contributed by atoms with Crippen LogP contribution in [0.2, 0.25) is 0 Å². The second kappa shape index (κ2) is 9.01. The quantitative estimate of drug-likeness (QED) is 0.554. The first-order chi connectivity index (χ1) is 14.3. The van der Waals surface area contributed by atoms with Crippen molar-refractivity contribution in [3.63, 3.8) is 0 Å². The van der Waals surface area contributed by atoms with Crippen LogP contribution < -0.4 is 14.3 Å². The Balaban J connectivity index is 1.93. The summed E-state index contributed by atoms with van der Waals surface area (Å²) in [6.07, 6.45) is 0.0943. The van der Waals surface area contributed by atoms with E-state index in [1.54, 1.807) is 33.3 Å². The molecule has 3 aromatic rings. The molecule has 0 radical (unpaired) electrons. The number of sulfone groups is 1. The summed E-state index contributed by atoms with van der Waals surface area (Å²) in [7, 11) is -0.0960. The lowest BCUT2D eigenvalue weighted by atomic mass is 10.1. The van der Waals surface area contributed by atoms with E-state index in [-0.39, 0.29) is 23.0 Å². The van der Waals surface area contributed by atoms with Crippen LogP contribution >= 0.6 is 11.3 Å². The van der Waals surface area contributed by atoms with Crippen LogP contribution in [0.4, 0.5) is 0 Å². The monoisotopic (exact) mass is 448 g/mol. The minimum atomic E-state index is -3.26. The molecule has 2 aromatic carbocycles. The summed E-state index contributed by atoms with van der Waals surface area (Å²) < 4.78 is 37.5. The van der Waals surface area contributed by atoms with Crippen molar-refractivity contribution in [3.05, 3.63) is 46.8 Å². The van der Waals surface area contributed by atoms with E-state index < -0.39 is 9.84 Å². The van der Waals surface area contributed by atoms with E-state index in [4.69, 9.17) is 9.47 Å². The largest absolute Gasteiger partial charge is 0.493 e. The highest BCUT2D eigenvalue weighted by Gasteiger charge is 2.14. The maximum atomic E-state index is 12.6. The van der Waals surface area contributed by atoms with Gasteiger partial charge in [0.25, 0.3) is 5.91 Å². The van der Waals surface area contributed by atoms with Crippen molar-refractivity contribution >= 4 is 37.3 Å². The minimum absolute atomic E-state index is 0.0408. The molecule has 7 nitrogen and oxygen atoms in total. The van der Waals surface area contributed by atoms with Gasteiger partial charge in [-0.1, -0.05) is 30.4 Å². The number of thiazole rings is 1. The number of methoxy groups -OCH3 is 2. The molecule has 0 aliphatic heterocycles. The molecular formula is C21H24N2O5S2. The minimum Gasteiger partial charge on any atom is -0.493 e. The van der Waals surface area contributed by atoms with Gasteiger partial charge in [-0.05, 0) is 24.6 Å². The summed E-state index contributed by atoms with van der Waals surface area (Å²) in [6.45, 7) is 4.23.